The average molecular weight is 673 g/mol. The molecule has 17 heteroatoms. The molecule has 2 unspecified atom stereocenters. The SMILES string of the molecule is CNCC[C@H](N)C(=O)OCc1cccnc1N(C)C(=O)OC(C)[n+]1cnn(CC(O)(c2ccc(F)cc2F)[C@@H](C)c2ncncc2F)c1. The Morgan fingerprint density at radius 1 is 1.19 bits per heavy atom. The topological polar surface area (TPSA) is 174 Å². The van der Waals surface area contributed by atoms with Crippen molar-refractivity contribution in [1.82, 2.24) is 30.0 Å². The fourth-order valence-corrected chi connectivity index (χ4v) is 4.91. The number of aromatic nitrogens is 6. The van der Waals surface area contributed by atoms with Gasteiger partial charge in [-0.15, -0.1) is 4.68 Å². The van der Waals surface area contributed by atoms with Crippen molar-refractivity contribution in [2.75, 3.05) is 25.5 Å². The molecule has 0 saturated carbocycles. The largest absolute Gasteiger partial charge is 0.460 e. The van der Waals surface area contributed by atoms with E-state index in [0.29, 0.717) is 24.6 Å². The molecule has 0 radical (unpaired) electrons. The van der Waals surface area contributed by atoms with Gasteiger partial charge in [-0.3, -0.25) is 9.69 Å². The molecule has 4 atom stereocenters. The molecule has 0 fully saturated rings. The summed E-state index contributed by atoms with van der Waals surface area (Å²) in [5.41, 5.74) is 3.61. The predicted molar refractivity (Wildman–Crippen MR) is 163 cm³/mol. The lowest BCUT2D eigenvalue weighted by atomic mass is 9.79. The van der Waals surface area contributed by atoms with Crippen LogP contribution in [0.15, 0.2) is 61.7 Å². The molecule has 4 rings (SSSR count). The van der Waals surface area contributed by atoms with E-state index in [0.717, 1.165) is 29.6 Å². The Labute approximate surface area is 274 Å². The molecule has 3 aromatic heterocycles. The van der Waals surface area contributed by atoms with E-state index in [-0.39, 0.29) is 23.7 Å². The van der Waals surface area contributed by atoms with E-state index < -0.39 is 59.8 Å². The maximum atomic E-state index is 15.1. The molecule has 0 spiro atoms. The van der Waals surface area contributed by atoms with Crippen LogP contribution in [0, 0.1) is 17.5 Å². The summed E-state index contributed by atoms with van der Waals surface area (Å²) < 4.78 is 57.1. The zero-order valence-corrected chi connectivity index (χ0v) is 26.8. The van der Waals surface area contributed by atoms with Crippen molar-refractivity contribution in [3.05, 3.63) is 96.0 Å². The van der Waals surface area contributed by atoms with E-state index >= 15 is 4.39 Å². The highest BCUT2D eigenvalue weighted by Crippen LogP contribution is 2.39. The fraction of sp³-hybridized carbons (Fsp3) is 0.387. The van der Waals surface area contributed by atoms with E-state index in [1.54, 1.807) is 26.1 Å². The van der Waals surface area contributed by atoms with Gasteiger partial charge in [-0.25, -0.2) is 32.9 Å². The number of esters is 1. The highest BCUT2D eigenvalue weighted by atomic mass is 19.1. The quantitative estimate of drug-likeness (QED) is 0.132. The summed E-state index contributed by atoms with van der Waals surface area (Å²) in [6.45, 7) is 2.92. The average Bonchev–Trinajstić information content (AvgIpc) is 3.54. The van der Waals surface area contributed by atoms with Crippen molar-refractivity contribution in [1.29, 1.82) is 0 Å². The first kappa shape index (κ1) is 35.8. The van der Waals surface area contributed by atoms with Gasteiger partial charge in [-0.2, -0.15) is 4.57 Å². The number of hydrogen-bond donors (Lipinski definition) is 3. The lowest BCUT2D eigenvalue weighted by molar-refractivity contribution is -0.753. The Hall–Kier alpha value is -5.00. The molecule has 0 aliphatic carbocycles. The summed E-state index contributed by atoms with van der Waals surface area (Å²) in [5, 5.41) is 19.0. The Morgan fingerprint density at radius 2 is 1.96 bits per heavy atom. The number of nitrogens with two attached hydrogens (primary N) is 1. The number of nitrogens with one attached hydrogen (secondary N) is 1. The first-order valence-corrected chi connectivity index (χ1v) is 14.9. The fourth-order valence-electron chi connectivity index (χ4n) is 4.91. The second kappa shape index (κ2) is 15.7. The first-order valence-electron chi connectivity index (χ1n) is 14.9. The van der Waals surface area contributed by atoms with Crippen LogP contribution in [0.25, 0.3) is 0 Å². The van der Waals surface area contributed by atoms with Gasteiger partial charge in [0.25, 0.3) is 6.33 Å². The van der Waals surface area contributed by atoms with Crippen molar-refractivity contribution < 1.29 is 41.9 Å². The number of amides is 1. The molecule has 1 amide bonds. The Balaban J connectivity index is 1.49. The third kappa shape index (κ3) is 8.28. The van der Waals surface area contributed by atoms with Crippen molar-refractivity contribution in [3.8, 4) is 0 Å². The number of rotatable bonds is 14. The number of hydrogen-bond acceptors (Lipinski definition) is 11. The van der Waals surface area contributed by atoms with Crippen LogP contribution in [-0.4, -0.2) is 68.6 Å². The Kier molecular flexibility index (Phi) is 11.7. The Morgan fingerprint density at radius 3 is 2.67 bits per heavy atom. The minimum atomic E-state index is -2.17. The number of carbonyl (C=O) groups excluding carboxylic acids is 2. The van der Waals surface area contributed by atoms with Crippen molar-refractivity contribution in [2.45, 2.75) is 57.2 Å². The highest BCUT2D eigenvalue weighted by molar-refractivity contribution is 5.86. The maximum absolute atomic E-state index is 15.1. The van der Waals surface area contributed by atoms with Crippen LogP contribution in [0.3, 0.4) is 0 Å². The van der Waals surface area contributed by atoms with Crippen LogP contribution in [0.4, 0.5) is 23.8 Å². The standard InChI is InChI=1S/C31H37F3N9O5/c1-19(27-25(34)13-37-16-39-27)31(46,23-8-7-22(32)12-24(23)33)15-43-18-42(17-40-43)20(2)48-30(45)41(4)28-21(6-5-10-38-28)14-47-29(44)26(35)9-11-36-3/h5-8,10,12-13,16-20,26,36,46H,9,11,14-15,35H2,1-4H3/q+1/t19-,20?,26-,31?/m0/s1. The third-order valence-corrected chi connectivity index (χ3v) is 7.75. The number of pyridine rings is 1. The molecule has 48 heavy (non-hydrogen) atoms. The predicted octanol–water partition coefficient (Wildman–Crippen LogP) is 2.24. The van der Waals surface area contributed by atoms with Gasteiger partial charge in [0.05, 0.1) is 11.9 Å². The minimum absolute atomic E-state index is 0.182. The van der Waals surface area contributed by atoms with Crippen molar-refractivity contribution >= 4 is 17.9 Å². The molecule has 1 aromatic carbocycles. The third-order valence-electron chi connectivity index (χ3n) is 7.75. The summed E-state index contributed by atoms with van der Waals surface area (Å²) in [7, 11) is 3.17. The first-order chi connectivity index (χ1) is 22.8. The number of carbonyl (C=O) groups is 2. The summed E-state index contributed by atoms with van der Waals surface area (Å²) >= 11 is 0. The maximum Gasteiger partial charge on any atom is 0.418 e. The molecule has 0 aliphatic heterocycles. The number of benzene rings is 1. The van der Waals surface area contributed by atoms with Crippen molar-refractivity contribution in [3.63, 3.8) is 0 Å². The summed E-state index contributed by atoms with van der Waals surface area (Å²) in [6.07, 6.45) is 4.79. The number of halogens is 3. The summed E-state index contributed by atoms with van der Waals surface area (Å²) in [5.74, 6) is -4.31. The molecule has 4 aromatic rings. The van der Waals surface area contributed by atoms with Gasteiger partial charge in [0.15, 0.2) is 5.82 Å². The molecule has 3 heterocycles. The number of aliphatic hydroxyl groups is 1. The van der Waals surface area contributed by atoms with Crippen LogP contribution < -0.4 is 20.5 Å². The normalized spacial score (nSPS) is 14.4. The smallest absolute Gasteiger partial charge is 0.418 e. The second-order valence-electron chi connectivity index (χ2n) is 11.1. The van der Waals surface area contributed by atoms with Crippen LogP contribution >= 0.6 is 0 Å². The number of ether oxygens (including phenoxy) is 2. The second-order valence-corrected chi connectivity index (χ2v) is 11.1. The Bertz CT molecular complexity index is 1730. The minimum Gasteiger partial charge on any atom is -0.460 e. The van der Waals surface area contributed by atoms with Crippen molar-refractivity contribution in [2.24, 2.45) is 5.73 Å². The molecule has 0 aliphatic rings. The summed E-state index contributed by atoms with van der Waals surface area (Å²) in [4.78, 5) is 38.3. The highest BCUT2D eigenvalue weighted by Gasteiger charge is 2.43. The van der Waals surface area contributed by atoms with E-state index in [9.17, 15) is 23.5 Å². The van der Waals surface area contributed by atoms with Gasteiger partial charge in [-0.05, 0) is 32.1 Å². The lowest BCUT2D eigenvalue weighted by Crippen LogP contribution is -2.42. The van der Waals surface area contributed by atoms with Gasteiger partial charge in [0.2, 0.25) is 12.6 Å². The van der Waals surface area contributed by atoms with Crippen LogP contribution in [0.2, 0.25) is 0 Å². The van der Waals surface area contributed by atoms with E-state index in [2.05, 4.69) is 25.4 Å². The summed E-state index contributed by atoms with van der Waals surface area (Å²) in [6, 6.07) is 5.11. The van der Waals surface area contributed by atoms with Gasteiger partial charge in [0, 0.05) is 48.4 Å². The monoisotopic (exact) mass is 672 g/mol. The van der Waals surface area contributed by atoms with E-state index in [1.807, 2.05) is 0 Å². The van der Waals surface area contributed by atoms with E-state index in [4.69, 9.17) is 15.2 Å². The van der Waals surface area contributed by atoms with E-state index in [1.165, 1.54) is 42.1 Å². The number of nitrogens with zero attached hydrogens (tertiary/aromatic N) is 7. The van der Waals surface area contributed by atoms with Crippen LogP contribution in [0.1, 0.15) is 49.2 Å². The van der Waals surface area contributed by atoms with Gasteiger partial charge in [-0.1, -0.05) is 19.1 Å². The lowest BCUT2D eigenvalue weighted by Gasteiger charge is -2.32. The molecule has 4 N–H and O–H groups in total. The zero-order chi connectivity index (χ0) is 35.0. The molecule has 0 bridgehead atoms. The zero-order valence-electron chi connectivity index (χ0n) is 26.8. The van der Waals surface area contributed by atoms with Crippen LogP contribution in [0.5, 0.6) is 0 Å². The van der Waals surface area contributed by atoms with Gasteiger partial charge in [0.1, 0.15) is 48.6 Å². The number of anilines is 1. The molecule has 14 nitrogen and oxygen atoms in total. The van der Waals surface area contributed by atoms with Crippen LogP contribution in [-0.2, 0) is 33.0 Å². The van der Waals surface area contributed by atoms with Gasteiger partial charge < -0.3 is 25.6 Å². The molecular weight excluding hydrogens is 635 g/mol. The van der Waals surface area contributed by atoms with Gasteiger partial charge >= 0.3 is 12.1 Å². The molecule has 0 saturated heterocycles. The molecular formula is C31H37F3N9O5+. The molecule has 256 valence electrons.